The summed E-state index contributed by atoms with van der Waals surface area (Å²) in [5, 5.41) is 0. The highest BCUT2D eigenvalue weighted by molar-refractivity contribution is 5.39. The molecule has 4 heteroatoms. The number of H-pyrrole nitrogens is 1. The summed E-state index contributed by atoms with van der Waals surface area (Å²) >= 11 is 0. The lowest BCUT2D eigenvalue weighted by atomic mass is 9.92. The summed E-state index contributed by atoms with van der Waals surface area (Å²) in [6.45, 7) is 5.84. The van der Waals surface area contributed by atoms with Gasteiger partial charge in [-0.25, -0.2) is 0 Å². The van der Waals surface area contributed by atoms with Crippen LogP contribution in [0.25, 0.3) is 5.65 Å². The van der Waals surface area contributed by atoms with Crippen molar-refractivity contribution in [3.8, 4) is 0 Å². The van der Waals surface area contributed by atoms with Crippen molar-refractivity contribution in [1.29, 1.82) is 0 Å². The largest absolute Gasteiger partial charge is 0.343 e. The second kappa shape index (κ2) is 5.21. The molecule has 1 saturated heterocycles. The highest BCUT2D eigenvalue weighted by Crippen LogP contribution is 2.21. The maximum Gasteiger partial charge on any atom is 0.183 e. The third-order valence-electron chi connectivity index (χ3n) is 4.20. The van der Waals surface area contributed by atoms with Crippen LogP contribution >= 0.6 is 0 Å². The lowest BCUT2D eigenvalue weighted by Crippen LogP contribution is -2.34. The maximum absolute atomic E-state index is 11.3. The molecule has 3 rings (SSSR count). The number of aromatic nitrogens is 2. The zero-order chi connectivity index (χ0) is 13.2. The van der Waals surface area contributed by atoms with Crippen LogP contribution in [0.5, 0.6) is 0 Å². The number of hydrogen-bond acceptors (Lipinski definition) is 2. The van der Waals surface area contributed by atoms with Gasteiger partial charge in [0.25, 0.3) is 0 Å². The Bertz CT molecular complexity index is 605. The summed E-state index contributed by atoms with van der Waals surface area (Å²) in [4.78, 5) is 17.2. The van der Waals surface area contributed by atoms with Crippen molar-refractivity contribution in [2.75, 3.05) is 19.6 Å². The Morgan fingerprint density at radius 3 is 2.89 bits per heavy atom. The van der Waals surface area contributed by atoms with E-state index in [-0.39, 0.29) is 5.43 Å². The number of fused-ring (bicyclic) bond motifs is 1. The highest BCUT2D eigenvalue weighted by atomic mass is 16.1. The number of piperidine rings is 1. The van der Waals surface area contributed by atoms with Crippen LogP contribution in [0.2, 0.25) is 0 Å². The first kappa shape index (κ1) is 12.5. The summed E-state index contributed by atoms with van der Waals surface area (Å²) in [6.07, 6.45) is 7.59. The van der Waals surface area contributed by atoms with E-state index >= 15 is 0 Å². The minimum atomic E-state index is 0.0599. The number of imidazole rings is 1. The molecule has 0 amide bonds. The fourth-order valence-electron chi connectivity index (χ4n) is 2.99. The van der Waals surface area contributed by atoms with E-state index in [1.807, 2.05) is 10.6 Å². The SMILES string of the molecule is CCN1CCC(Cc2cn3ccc(=O)cc3[nH]2)CC1. The standard InChI is InChI=1S/C15H21N3O/c1-2-17-6-3-12(4-7-17)9-13-11-18-8-5-14(19)10-15(18)16-13/h5,8,10-12,16H,2-4,6-7,9H2,1H3. The van der Waals surface area contributed by atoms with Gasteiger partial charge in [-0.15, -0.1) is 0 Å². The molecular formula is C15H21N3O. The molecule has 1 fully saturated rings. The number of nitrogens with one attached hydrogen (secondary N) is 1. The number of pyridine rings is 1. The summed E-state index contributed by atoms with van der Waals surface area (Å²) in [5.41, 5.74) is 2.19. The third kappa shape index (κ3) is 2.73. The molecule has 0 aliphatic carbocycles. The molecule has 4 nitrogen and oxygen atoms in total. The Morgan fingerprint density at radius 1 is 1.37 bits per heavy atom. The minimum absolute atomic E-state index is 0.0599. The van der Waals surface area contributed by atoms with E-state index in [0.29, 0.717) is 0 Å². The third-order valence-corrected chi connectivity index (χ3v) is 4.20. The van der Waals surface area contributed by atoms with Gasteiger partial charge >= 0.3 is 0 Å². The zero-order valence-corrected chi connectivity index (χ0v) is 11.4. The van der Waals surface area contributed by atoms with Gasteiger partial charge in [-0.2, -0.15) is 0 Å². The highest BCUT2D eigenvalue weighted by Gasteiger charge is 2.18. The zero-order valence-electron chi connectivity index (χ0n) is 11.4. The van der Waals surface area contributed by atoms with E-state index in [9.17, 15) is 4.79 Å². The van der Waals surface area contributed by atoms with Crippen LogP contribution in [0.1, 0.15) is 25.5 Å². The Balaban J connectivity index is 1.70. The summed E-state index contributed by atoms with van der Waals surface area (Å²) in [5.74, 6) is 0.767. The molecule has 0 aromatic carbocycles. The van der Waals surface area contributed by atoms with Crippen LogP contribution in [0.3, 0.4) is 0 Å². The van der Waals surface area contributed by atoms with Crippen molar-refractivity contribution in [2.24, 2.45) is 5.92 Å². The molecule has 19 heavy (non-hydrogen) atoms. The second-order valence-corrected chi connectivity index (χ2v) is 5.52. The van der Waals surface area contributed by atoms with Gasteiger partial charge < -0.3 is 14.3 Å². The van der Waals surface area contributed by atoms with Crippen LogP contribution in [-0.4, -0.2) is 33.9 Å². The van der Waals surface area contributed by atoms with Gasteiger partial charge in [0, 0.05) is 30.2 Å². The van der Waals surface area contributed by atoms with Gasteiger partial charge in [-0.05, 0) is 44.8 Å². The van der Waals surface area contributed by atoms with Gasteiger partial charge in [0.15, 0.2) is 5.43 Å². The number of rotatable bonds is 3. The number of hydrogen-bond donors (Lipinski definition) is 1. The molecule has 0 atom stereocenters. The predicted octanol–water partition coefficient (Wildman–Crippen LogP) is 1.90. The average Bonchev–Trinajstić information content (AvgIpc) is 2.81. The van der Waals surface area contributed by atoms with E-state index in [1.165, 1.54) is 38.2 Å². The fourth-order valence-corrected chi connectivity index (χ4v) is 2.99. The molecule has 0 radical (unpaired) electrons. The van der Waals surface area contributed by atoms with Crippen molar-refractivity contribution in [2.45, 2.75) is 26.2 Å². The first-order chi connectivity index (χ1) is 9.24. The van der Waals surface area contributed by atoms with E-state index in [4.69, 9.17) is 0 Å². The van der Waals surface area contributed by atoms with E-state index in [2.05, 4.69) is 23.0 Å². The quantitative estimate of drug-likeness (QED) is 0.914. The van der Waals surface area contributed by atoms with Crippen molar-refractivity contribution >= 4 is 5.65 Å². The van der Waals surface area contributed by atoms with Gasteiger partial charge in [0.05, 0.1) is 0 Å². The van der Waals surface area contributed by atoms with Crippen molar-refractivity contribution in [3.63, 3.8) is 0 Å². The Kier molecular flexibility index (Phi) is 3.42. The molecule has 2 aromatic rings. The van der Waals surface area contributed by atoms with Crippen LogP contribution in [-0.2, 0) is 6.42 Å². The lowest BCUT2D eigenvalue weighted by molar-refractivity contribution is 0.191. The fraction of sp³-hybridized carbons (Fsp3) is 0.533. The average molecular weight is 259 g/mol. The predicted molar refractivity (Wildman–Crippen MR) is 76.6 cm³/mol. The van der Waals surface area contributed by atoms with Gasteiger partial charge in [-0.1, -0.05) is 6.92 Å². The van der Waals surface area contributed by atoms with Crippen LogP contribution < -0.4 is 5.43 Å². The molecule has 0 unspecified atom stereocenters. The Hall–Kier alpha value is -1.55. The molecule has 1 aliphatic heterocycles. The summed E-state index contributed by atoms with van der Waals surface area (Å²) in [7, 11) is 0. The molecule has 0 saturated carbocycles. The lowest BCUT2D eigenvalue weighted by Gasteiger charge is -2.30. The Morgan fingerprint density at radius 2 is 2.16 bits per heavy atom. The second-order valence-electron chi connectivity index (χ2n) is 5.52. The number of nitrogens with zero attached hydrogens (tertiary/aromatic N) is 2. The van der Waals surface area contributed by atoms with Crippen LogP contribution in [0.15, 0.2) is 29.3 Å². The van der Waals surface area contributed by atoms with E-state index in [0.717, 1.165) is 18.0 Å². The van der Waals surface area contributed by atoms with Gasteiger partial charge in [0.2, 0.25) is 0 Å². The molecule has 1 aliphatic rings. The first-order valence-electron chi connectivity index (χ1n) is 7.17. The van der Waals surface area contributed by atoms with Crippen molar-refractivity contribution in [3.05, 3.63) is 40.4 Å². The van der Waals surface area contributed by atoms with Crippen LogP contribution in [0, 0.1) is 5.92 Å². The normalized spacial score (nSPS) is 18.2. The van der Waals surface area contributed by atoms with Gasteiger partial charge in [-0.3, -0.25) is 4.79 Å². The van der Waals surface area contributed by atoms with Crippen molar-refractivity contribution < 1.29 is 0 Å². The first-order valence-corrected chi connectivity index (χ1v) is 7.17. The molecule has 102 valence electrons. The topological polar surface area (TPSA) is 40.5 Å². The van der Waals surface area contributed by atoms with Crippen molar-refractivity contribution in [1.82, 2.24) is 14.3 Å². The van der Waals surface area contributed by atoms with E-state index < -0.39 is 0 Å². The molecule has 0 bridgehead atoms. The summed E-state index contributed by atoms with van der Waals surface area (Å²) in [6, 6.07) is 3.26. The molecular weight excluding hydrogens is 238 g/mol. The molecule has 3 heterocycles. The van der Waals surface area contributed by atoms with Gasteiger partial charge in [0.1, 0.15) is 5.65 Å². The number of likely N-dealkylation sites (tertiary alicyclic amines) is 1. The summed E-state index contributed by atoms with van der Waals surface area (Å²) < 4.78 is 2.00. The van der Waals surface area contributed by atoms with E-state index in [1.54, 1.807) is 12.1 Å². The van der Waals surface area contributed by atoms with Crippen LogP contribution in [0.4, 0.5) is 0 Å². The Labute approximate surface area is 113 Å². The molecule has 1 N–H and O–H groups in total. The monoisotopic (exact) mass is 259 g/mol. The maximum atomic E-state index is 11.3. The molecule has 0 spiro atoms. The smallest absolute Gasteiger partial charge is 0.183 e. The number of aromatic amines is 1. The minimum Gasteiger partial charge on any atom is -0.343 e. The molecule has 2 aromatic heterocycles.